The predicted octanol–water partition coefficient (Wildman–Crippen LogP) is -3.26. The number of nitrogens with zero attached hydrogens (tertiary/aromatic N) is 1. The van der Waals surface area contributed by atoms with E-state index in [1.165, 1.54) is 26.4 Å². The molecule has 0 aliphatic carbocycles. The molecule has 16 nitrogen and oxygen atoms in total. The molecular formula is C24H38N2O14. The first-order chi connectivity index (χ1) is 19.1. The van der Waals surface area contributed by atoms with Gasteiger partial charge in [-0.2, -0.15) is 0 Å². The molecule has 228 valence electrons. The number of alkyl carbamates (subject to hydrolysis) is 1. The molecule has 3 amide bonds. The minimum absolute atomic E-state index is 0.0917. The zero-order chi connectivity index (χ0) is 29.4. The van der Waals surface area contributed by atoms with Gasteiger partial charge in [0, 0.05) is 39.5 Å². The Balaban J connectivity index is 1.46. The average molecular weight is 579 g/mol. The third-order valence-corrected chi connectivity index (χ3v) is 6.77. The summed E-state index contributed by atoms with van der Waals surface area (Å²) in [6.07, 6.45) is -11.0. The molecule has 3 heterocycles. The highest BCUT2D eigenvalue weighted by Gasteiger charge is 2.49. The second-order valence-corrected chi connectivity index (χ2v) is 9.58. The first kappa shape index (κ1) is 32.3. The second-order valence-electron chi connectivity index (χ2n) is 9.58. The Morgan fingerprint density at radius 3 is 2.15 bits per heavy atom. The van der Waals surface area contributed by atoms with Crippen LogP contribution in [-0.2, 0) is 38.0 Å². The van der Waals surface area contributed by atoms with Crippen molar-refractivity contribution in [1.82, 2.24) is 10.2 Å². The van der Waals surface area contributed by atoms with Crippen LogP contribution in [0.5, 0.6) is 0 Å². The number of methoxy groups -OCH3 is 2. The van der Waals surface area contributed by atoms with Gasteiger partial charge in [0.25, 0.3) is 11.8 Å². The third kappa shape index (κ3) is 7.94. The van der Waals surface area contributed by atoms with Crippen LogP contribution in [0.3, 0.4) is 0 Å². The lowest BCUT2D eigenvalue weighted by Gasteiger charge is -2.43. The minimum atomic E-state index is -1.63. The number of aliphatic hydroxyl groups excluding tert-OH is 5. The number of amides is 3. The fourth-order valence-corrected chi connectivity index (χ4v) is 4.50. The number of hydrogen-bond donors (Lipinski definition) is 6. The molecule has 10 atom stereocenters. The van der Waals surface area contributed by atoms with Gasteiger partial charge in [-0.25, -0.2) is 4.79 Å². The number of unbranched alkanes of at least 4 members (excludes halogenated alkanes) is 2. The highest BCUT2D eigenvalue weighted by atomic mass is 16.7. The van der Waals surface area contributed by atoms with E-state index in [9.17, 15) is 39.9 Å². The smallest absolute Gasteiger partial charge is 0.407 e. The van der Waals surface area contributed by atoms with Crippen molar-refractivity contribution >= 4 is 17.9 Å². The Morgan fingerprint density at radius 1 is 0.850 bits per heavy atom. The summed E-state index contributed by atoms with van der Waals surface area (Å²) in [4.78, 5) is 36.6. The van der Waals surface area contributed by atoms with E-state index in [2.05, 4.69) is 5.32 Å². The van der Waals surface area contributed by atoms with Crippen molar-refractivity contribution in [3.8, 4) is 0 Å². The van der Waals surface area contributed by atoms with Gasteiger partial charge in [-0.15, -0.1) is 0 Å². The summed E-state index contributed by atoms with van der Waals surface area (Å²) in [6.45, 7) is -0.0576. The Morgan fingerprint density at radius 2 is 1.50 bits per heavy atom. The van der Waals surface area contributed by atoms with Crippen molar-refractivity contribution in [2.75, 3.05) is 40.5 Å². The standard InChI is InChI=1S/C24H38N2O14/c1-35-10-12-16(29)18(31)19(32)23(39-12)37-11-13-17(30)21(20(33)22(36-2)38-13)40-24(34)25-8-4-3-5-9-26-14(27)6-7-15(26)28/h6-7,12-13,16-23,29-33H,3-5,8-11H2,1-2H3,(H,25,34)/t12?,13?,16-,17-,18+,19?,20?,21+,22+,23+/m1/s1. The molecule has 16 heteroatoms. The molecule has 0 aromatic heterocycles. The predicted molar refractivity (Wildman–Crippen MR) is 130 cm³/mol. The third-order valence-electron chi connectivity index (χ3n) is 6.77. The normalized spacial score (nSPS) is 36.2. The number of hydrogen-bond acceptors (Lipinski definition) is 14. The van der Waals surface area contributed by atoms with Crippen LogP contribution in [0.4, 0.5) is 4.79 Å². The van der Waals surface area contributed by atoms with Gasteiger partial charge in [0.1, 0.15) is 42.7 Å². The molecule has 4 unspecified atom stereocenters. The summed E-state index contributed by atoms with van der Waals surface area (Å²) in [5.74, 6) is -0.708. The highest BCUT2D eigenvalue weighted by Crippen LogP contribution is 2.27. The van der Waals surface area contributed by atoms with E-state index in [0.717, 1.165) is 4.90 Å². The molecule has 3 aliphatic rings. The fourth-order valence-electron chi connectivity index (χ4n) is 4.50. The van der Waals surface area contributed by atoms with E-state index in [4.69, 9.17) is 28.4 Å². The summed E-state index contributed by atoms with van der Waals surface area (Å²) in [7, 11) is 2.60. The van der Waals surface area contributed by atoms with Crippen LogP contribution in [0.25, 0.3) is 0 Å². The largest absolute Gasteiger partial charge is 0.440 e. The summed E-state index contributed by atoms with van der Waals surface area (Å²) in [5, 5.41) is 54.2. The molecule has 0 radical (unpaired) electrons. The van der Waals surface area contributed by atoms with E-state index in [1.807, 2.05) is 0 Å². The van der Waals surface area contributed by atoms with Crippen molar-refractivity contribution in [3.63, 3.8) is 0 Å². The van der Waals surface area contributed by atoms with Crippen molar-refractivity contribution in [2.45, 2.75) is 80.7 Å². The summed E-state index contributed by atoms with van der Waals surface area (Å²) < 4.78 is 31.8. The zero-order valence-corrected chi connectivity index (χ0v) is 22.2. The van der Waals surface area contributed by atoms with Gasteiger partial charge in [0.15, 0.2) is 18.7 Å². The van der Waals surface area contributed by atoms with Gasteiger partial charge in [0.05, 0.1) is 13.2 Å². The van der Waals surface area contributed by atoms with Crippen LogP contribution in [0.15, 0.2) is 12.2 Å². The lowest BCUT2D eigenvalue weighted by Crippen LogP contribution is -2.62. The molecule has 2 saturated heterocycles. The van der Waals surface area contributed by atoms with Gasteiger partial charge in [-0.05, 0) is 19.3 Å². The minimum Gasteiger partial charge on any atom is -0.440 e. The molecular weight excluding hydrogens is 540 g/mol. The summed E-state index contributed by atoms with van der Waals surface area (Å²) >= 11 is 0. The van der Waals surface area contributed by atoms with Crippen molar-refractivity contribution in [3.05, 3.63) is 12.2 Å². The van der Waals surface area contributed by atoms with Gasteiger partial charge in [-0.3, -0.25) is 14.5 Å². The number of ether oxygens (including phenoxy) is 6. The Bertz CT molecular complexity index is 872. The van der Waals surface area contributed by atoms with E-state index in [1.54, 1.807) is 0 Å². The Hall–Kier alpha value is -2.25. The van der Waals surface area contributed by atoms with Gasteiger partial charge >= 0.3 is 6.09 Å². The average Bonchev–Trinajstić information content (AvgIpc) is 3.25. The maximum atomic E-state index is 12.4. The van der Waals surface area contributed by atoms with Crippen molar-refractivity contribution in [2.24, 2.45) is 0 Å². The Kier molecular flexibility index (Phi) is 12.2. The van der Waals surface area contributed by atoms with E-state index < -0.39 is 74.1 Å². The van der Waals surface area contributed by atoms with Crippen LogP contribution in [-0.4, -0.2) is 150 Å². The monoisotopic (exact) mass is 578 g/mol. The molecule has 0 saturated carbocycles. The molecule has 3 rings (SSSR count). The van der Waals surface area contributed by atoms with E-state index in [-0.39, 0.29) is 31.5 Å². The van der Waals surface area contributed by atoms with Gasteiger partial charge in [0.2, 0.25) is 0 Å². The molecule has 0 bridgehead atoms. The van der Waals surface area contributed by atoms with Crippen molar-refractivity contribution < 1.29 is 68.3 Å². The molecule has 0 aromatic carbocycles. The summed E-state index contributed by atoms with van der Waals surface area (Å²) in [6, 6.07) is 0. The SMILES string of the molecule is COCC1O[C@H](OCC2O[C@H](OC)C(O)[C@@H](OC(=O)NCCCCCN3C(=O)C=CC3=O)[C@@H]2O)C(O)[C@@H](O)[C@@H]1O. The molecule has 0 spiro atoms. The number of carbonyl (C=O) groups excluding carboxylic acids is 3. The quantitative estimate of drug-likeness (QED) is 0.0933. The Labute approximate surface area is 230 Å². The summed E-state index contributed by atoms with van der Waals surface area (Å²) in [5.41, 5.74) is 0. The van der Waals surface area contributed by atoms with Crippen LogP contribution in [0.2, 0.25) is 0 Å². The first-order valence-electron chi connectivity index (χ1n) is 12.9. The lowest BCUT2D eigenvalue weighted by atomic mass is 9.98. The number of aliphatic hydroxyl groups is 5. The van der Waals surface area contributed by atoms with Crippen LogP contribution in [0.1, 0.15) is 19.3 Å². The number of rotatable bonds is 13. The van der Waals surface area contributed by atoms with E-state index >= 15 is 0 Å². The van der Waals surface area contributed by atoms with Gasteiger partial charge in [-0.1, -0.05) is 0 Å². The topological polar surface area (TPSA) is 223 Å². The van der Waals surface area contributed by atoms with E-state index in [0.29, 0.717) is 19.3 Å². The fraction of sp³-hybridized carbons (Fsp3) is 0.792. The van der Waals surface area contributed by atoms with Gasteiger partial charge < -0.3 is 59.3 Å². The molecule has 40 heavy (non-hydrogen) atoms. The molecule has 3 aliphatic heterocycles. The second kappa shape index (κ2) is 15.1. The first-order valence-corrected chi connectivity index (χ1v) is 12.9. The zero-order valence-electron chi connectivity index (χ0n) is 22.2. The molecule has 6 N–H and O–H groups in total. The van der Waals surface area contributed by atoms with Crippen LogP contribution >= 0.6 is 0 Å². The van der Waals surface area contributed by atoms with Crippen LogP contribution < -0.4 is 5.32 Å². The van der Waals surface area contributed by atoms with Crippen molar-refractivity contribution in [1.29, 1.82) is 0 Å². The number of imide groups is 1. The maximum Gasteiger partial charge on any atom is 0.407 e. The number of carbonyl (C=O) groups is 3. The number of nitrogens with one attached hydrogen (secondary N) is 1. The molecule has 2 fully saturated rings. The lowest BCUT2D eigenvalue weighted by molar-refractivity contribution is -0.328. The highest BCUT2D eigenvalue weighted by molar-refractivity contribution is 6.12. The molecule has 0 aromatic rings. The maximum absolute atomic E-state index is 12.4. The van der Waals surface area contributed by atoms with Crippen LogP contribution in [0, 0.1) is 0 Å².